The van der Waals surface area contributed by atoms with Gasteiger partial charge in [-0.05, 0) is 43.3 Å². The highest BCUT2D eigenvalue weighted by Gasteiger charge is 2.38. The Balaban J connectivity index is 1.71. The number of aromatic carboxylic acids is 1. The quantitative estimate of drug-likeness (QED) is 0.437. The summed E-state index contributed by atoms with van der Waals surface area (Å²) in [5.41, 5.74) is 0.252. The summed E-state index contributed by atoms with van der Waals surface area (Å²) in [6.07, 6.45) is 1.20. The van der Waals surface area contributed by atoms with Crippen LogP contribution in [0.2, 0.25) is 0 Å². The van der Waals surface area contributed by atoms with E-state index < -0.39 is 23.8 Å². The van der Waals surface area contributed by atoms with Gasteiger partial charge in [0.2, 0.25) is 0 Å². The van der Waals surface area contributed by atoms with E-state index in [0.29, 0.717) is 17.9 Å². The number of rotatable bonds is 6. The van der Waals surface area contributed by atoms with E-state index >= 15 is 0 Å². The number of carboxylic acids is 1. The van der Waals surface area contributed by atoms with Gasteiger partial charge in [-0.1, -0.05) is 30.3 Å². The Morgan fingerprint density at radius 1 is 1.06 bits per heavy atom. The van der Waals surface area contributed by atoms with E-state index in [4.69, 9.17) is 9.15 Å². The molecule has 1 saturated heterocycles. The molecule has 0 aliphatic carbocycles. The molecule has 1 aliphatic heterocycles. The van der Waals surface area contributed by atoms with E-state index in [1.54, 1.807) is 43.3 Å². The summed E-state index contributed by atoms with van der Waals surface area (Å²) in [5, 5.41) is 11.5. The highest BCUT2D eigenvalue weighted by molar-refractivity contribution is 6.39. The highest BCUT2D eigenvalue weighted by Crippen LogP contribution is 2.32. The smallest absolute Gasteiger partial charge is 0.336 e. The highest BCUT2D eigenvalue weighted by atomic mass is 16.5. The van der Waals surface area contributed by atoms with Gasteiger partial charge in [-0.25, -0.2) is 14.5 Å². The second-order valence-corrected chi connectivity index (χ2v) is 6.91. The lowest BCUT2D eigenvalue weighted by Crippen LogP contribution is -2.54. The molecule has 1 aliphatic rings. The van der Waals surface area contributed by atoms with Crippen LogP contribution >= 0.6 is 0 Å². The molecule has 166 valence electrons. The fraction of sp³-hybridized carbons (Fsp3) is 0.0833. The zero-order valence-corrected chi connectivity index (χ0v) is 17.4. The number of imide groups is 2. The summed E-state index contributed by atoms with van der Waals surface area (Å²) < 4.78 is 11.2. The van der Waals surface area contributed by atoms with Crippen molar-refractivity contribution in [1.29, 1.82) is 0 Å². The Morgan fingerprint density at radius 3 is 2.55 bits per heavy atom. The number of urea groups is 1. The number of nitrogens with zero attached hydrogens (tertiary/aromatic N) is 1. The van der Waals surface area contributed by atoms with Gasteiger partial charge in [-0.3, -0.25) is 14.9 Å². The van der Waals surface area contributed by atoms with Crippen molar-refractivity contribution in [3.8, 4) is 17.1 Å². The van der Waals surface area contributed by atoms with Gasteiger partial charge in [0.05, 0.1) is 17.9 Å². The first kappa shape index (κ1) is 21.6. The van der Waals surface area contributed by atoms with Crippen LogP contribution in [0.15, 0.2) is 70.7 Å². The predicted molar refractivity (Wildman–Crippen MR) is 118 cm³/mol. The van der Waals surface area contributed by atoms with Gasteiger partial charge in [-0.15, -0.1) is 0 Å². The van der Waals surface area contributed by atoms with Crippen molar-refractivity contribution in [2.24, 2.45) is 0 Å². The number of ether oxygens (including phenoxy) is 1. The van der Waals surface area contributed by atoms with Gasteiger partial charge in [0.1, 0.15) is 22.8 Å². The number of para-hydroxylation sites is 2. The number of nitrogens with one attached hydrogen (secondary N) is 1. The second kappa shape index (κ2) is 8.83. The number of hydrogen-bond acceptors (Lipinski definition) is 6. The molecule has 0 saturated carbocycles. The van der Waals surface area contributed by atoms with Crippen molar-refractivity contribution < 1.29 is 33.4 Å². The largest absolute Gasteiger partial charge is 0.492 e. The topological polar surface area (TPSA) is 126 Å². The molecule has 2 heterocycles. The van der Waals surface area contributed by atoms with Gasteiger partial charge >= 0.3 is 12.0 Å². The van der Waals surface area contributed by atoms with Crippen LogP contribution in [-0.4, -0.2) is 35.5 Å². The van der Waals surface area contributed by atoms with Crippen LogP contribution in [-0.2, 0) is 9.59 Å². The molecule has 9 heteroatoms. The van der Waals surface area contributed by atoms with Gasteiger partial charge in [0.25, 0.3) is 11.8 Å². The van der Waals surface area contributed by atoms with Crippen LogP contribution in [0.4, 0.5) is 10.5 Å². The maximum absolute atomic E-state index is 13.1. The number of furan rings is 1. The van der Waals surface area contributed by atoms with Crippen LogP contribution in [0.3, 0.4) is 0 Å². The van der Waals surface area contributed by atoms with E-state index in [1.807, 2.05) is 0 Å². The summed E-state index contributed by atoms with van der Waals surface area (Å²) in [6.45, 7) is 2.08. The Kier molecular flexibility index (Phi) is 5.77. The van der Waals surface area contributed by atoms with E-state index in [-0.39, 0.29) is 28.3 Å². The first-order valence-electron chi connectivity index (χ1n) is 9.96. The molecule has 0 spiro atoms. The predicted octanol–water partition coefficient (Wildman–Crippen LogP) is 3.71. The summed E-state index contributed by atoms with van der Waals surface area (Å²) in [5.74, 6) is -2.15. The number of benzene rings is 2. The number of carbonyl (C=O) groups excluding carboxylic acids is 3. The zero-order chi connectivity index (χ0) is 23.5. The minimum atomic E-state index is -1.12. The fourth-order valence-corrected chi connectivity index (χ4v) is 3.40. The molecule has 4 rings (SSSR count). The minimum Gasteiger partial charge on any atom is -0.492 e. The third-order valence-electron chi connectivity index (χ3n) is 4.84. The van der Waals surface area contributed by atoms with Crippen LogP contribution in [0.5, 0.6) is 5.75 Å². The number of barbiturate groups is 1. The minimum absolute atomic E-state index is 0.0434. The Morgan fingerprint density at radius 2 is 1.79 bits per heavy atom. The molecule has 9 nitrogen and oxygen atoms in total. The van der Waals surface area contributed by atoms with Crippen LogP contribution in [0.1, 0.15) is 23.0 Å². The van der Waals surface area contributed by atoms with Crippen molar-refractivity contribution in [3.63, 3.8) is 0 Å². The Labute approximate surface area is 187 Å². The maximum atomic E-state index is 13.1. The lowest BCUT2D eigenvalue weighted by molar-refractivity contribution is -0.122. The van der Waals surface area contributed by atoms with Gasteiger partial charge < -0.3 is 14.3 Å². The molecule has 3 aromatic rings. The number of hydrogen-bond donors (Lipinski definition) is 2. The first-order chi connectivity index (χ1) is 15.9. The summed E-state index contributed by atoms with van der Waals surface area (Å²) >= 11 is 0. The number of amides is 4. The SMILES string of the molecule is CCOc1ccccc1N1C(=O)NC(=O)/C(=C\c2ccc(-c3ccccc3C(=O)O)o2)C1=O. The van der Waals surface area contributed by atoms with Crippen LogP contribution in [0, 0.1) is 0 Å². The molecule has 33 heavy (non-hydrogen) atoms. The van der Waals surface area contributed by atoms with Crippen LogP contribution in [0.25, 0.3) is 17.4 Å². The average molecular weight is 446 g/mol. The molecule has 0 radical (unpaired) electrons. The molecule has 2 N–H and O–H groups in total. The van der Waals surface area contributed by atoms with Crippen LogP contribution < -0.4 is 15.0 Å². The normalized spacial score (nSPS) is 15.0. The average Bonchev–Trinajstić information content (AvgIpc) is 3.26. The Hall–Kier alpha value is -4.66. The molecule has 0 atom stereocenters. The molecular formula is C24H18N2O7. The fourth-order valence-electron chi connectivity index (χ4n) is 3.40. The monoisotopic (exact) mass is 446 g/mol. The number of carboxylic acid groups (broad SMARTS) is 1. The van der Waals surface area contributed by atoms with E-state index in [9.17, 15) is 24.3 Å². The first-order valence-corrected chi connectivity index (χ1v) is 9.96. The molecule has 0 unspecified atom stereocenters. The lowest BCUT2D eigenvalue weighted by atomic mass is 10.1. The third-order valence-corrected chi connectivity index (χ3v) is 4.84. The summed E-state index contributed by atoms with van der Waals surface area (Å²) in [4.78, 5) is 50.3. The van der Waals surface area contributed by atoms with Gasteiger partial charge in [0.15, 0.2) is 0 Å². The van der Waals surface area contributed by atoms with E-state index in [1.165, 1.54) is 30.3 Å². The van der Waals surface area contributed by atoms with Crippen molar-refractivity contribution >= 4 is 35.6 Å². The molecule has 2 aromatic carbocycles. The van der Waals surface area contributed by atoms with Crippen molar-refractivity contribution in [1.82, 2.24) is 5.32 Å². The van der Waals surface area contributed by atoms with Gasteiger partial charge in [-0.2, -0.15) is 0 Å². The maximum Gasteiger partial charge on any atom is 0.336 e. The number of anilines is 1. The lowest BCUT2D eigenvalue weighted by Gasteiger charge is -2.27. The molecule has 4 amide bonds. The van der Waals surface area contributed by atoms with Gasteiger partial charge in [0, 0.05) is 5.56 Å². The van der Waals surface area contributed by atoms with Crippen molar-refractivity contribution in [2.75, 3.05) is 11.5 Å². The second-order valence-electron chi connectivity index (χ2n) is 6.91. The van der Waals surface area contributed by atoms with Crippen molar-refractivity contribution in [3.05, 3.63) is 77.6 Å². The number of carbonyl (C=O) groups is 4. The molecule has 0 bridgehead atoms. The van der Waals surface area contributed by atoms with E-state index in [0.717, 1.165) is 4.90 Å². The van der Waals surface area contributed by atoms with Crippen molar-refractivity contribution in [2.45, 2.75) is 6.92 Å². The standard InChI is InChI=1S/C24H18N2O7/c1-2-32-20-10-6-5-9-18(20)26-22(28)17(21(27)25-24(26)31)13-14-11-12-19(33-14)15-7-3-4-8-16(15)23(29)30/h3-13H,2H2,1H3,(H,29,30)(H,25,27,31)/b17-13+. The summed E-state index contributed by atoms with van der Waals surface area (Å²) in [7, 11) is 0. The Bertz CT molecular complexity index is 1310. The molecule has 1 fully saturated rings. The summed E-state index contributed by atoms with van der Waals surface area (Å²) in [6, 6.07) is 14.9. The molecule has 1 aromatic heterocycles. The van der Waals surface area contributed by atoms with E-state index in [2.05, 4.69) is 5.32 Å². The molecular weight excluding hydrogens is 428 g/mol. The third kappa shape index (κ3) is 4.11. The zero-order valence-electron chi connectivity index (χ0n) is 17.4.